The summed E-state index contributed by atoms with van der Waals surface area (Å²) in [5.74, 6) is 0.523. The normalized spacial score (nSPS) is 12.0. The molecule has 0 radical (unpaired) electrons. The van der Waals surface area contributed by atoms with Gasteiger partial charge in [-0.25, -0.2) is 24.1 Å². The van der Waals surface area contributed by atoms with Gasteiger partial charge in [0.15, 0.2) is 0 Å². The fourth-order valence-corrected chi connectivity index (χ4v) is 2.94. The van der Waals surface area contributed by atoms with Crippen molar-refractivity contribution in [2.45, 2.75) is 26.2 Å². The van der Waals surface area contributed by atoms with E-state index in [1.54, 1.807) is 33.9 Å². The number of nitrogens with one attached hydrogen (secondary N) is 1. The molecule has 0 aliphatic carbocycles. The topological polar surface area (TPSA) is 85.8 Å². The van der Waals surface area contributed by atoms with Gasteiger partial charge in [0.05, 0.1) is 30.0 Å². The summed E-state index contributed by atoms with van der Waals surface area (Å²) >= 11 is 1.50. The van der Waals surface area contributed by atoms with E-state index in [9.17, 15) is 0 Å². The molecule has 0 aliphatic heterocycles. The largest absolute Gasteiger partial charge is 0.327 e. The van der Waals surface area contributed by atoms with Crippen LogP contribution in [0.5, 0.6) is 0 Å². The molecule has 1 N–H and O–H groups in total. The van der Waals surface area contributed by atoms with Crippen LogP contribution < -0.4 is 5.32 Å². The second kappa shape index (κ2) is 5.38. The number of rotatable bonds is 3. The third-order valence-corrected chi connectivity index (χ3v) is 4.24. The summed E-state index contributed by atoms with van der Waals surface area (Å²) < 4.78 is 3.41. The molecule has 0 amide bonds. The first-order valence-electron chi connectivity index (χ1n) is 7.45. The molecule has 0 spiro atoms. The average molecular weight is 340 g/mol. The van der Waals surface area contributed by atoms with E-state index in [0.717, 1.165) is 21.5 Å². The number of hydrogen-bond donors (Lipinski definition) is 1. The summed E-state index contributed by atoms with van der Waals surface area (Å²) in [5.41, 5.74) is 1.86. The van der Waals surface area contributed by atoms with E-state index >= 15 is 0 Å². The molecule has 4 heterocycles. The van der Waals surface area contributed by atoms with Crippen LogP contribution in [-0.4, -0.2) is 34.3 Å². The Labute approximate surface area is 142 Å². The zero-order chi connectivity index (χ0) is 16.7. The van der Waals surface area contributed by atoms with E-state index in [1.165, 1.54) is 11.3 Å². The van der Waals surface area contributed by atoms with Crippen molar-refractivity contribution in [1.82, 2.24) is 34.3 Å². The van der Waals surface area contributed by atoms with Gasteiger partial charge >= 0.3 is 0 Å². The van der Waals surface area contributed by atoms with Gasteiger partial charge in [-0.1, -0.05) is 32.1 Å². The SMILES string of the molecule is CC(C)(C)c1cn2nc(Nc3cnn(-c4ncccn4)c3)sc2n1. The molecule has 0 unspecified atom stereocenters. The van der Waals surface area contributed by atoms with Gasteiger partial charge < -0.3 is 5.32 Å². The predicted octanol–water partition coefficient (Wildman–Crippen LogP) is 2.81. The first-order valence-corrected chi connectivity index (χ1v) is 8.26. The Morgan fingerprint density at radius 2 is 1.92 bits per heavy atom. The Kier molecular flexibility index (Phi) is 3.31. The van der Waals surface area contributed by atoms with E-state index in [0.29, 0.717) is 5.95 Å². The van der Waals surface area contributed by atoms with Gasteiger partial charge in [-0.2, -0.15) is 5.10 Å². The van der Waals surface area contributed by atoms with Gasteiger partial charge in [-0.05, 0) is 6.07 Å². The Balaban J connectivity index is 1.56. The predicted molar refractivity (Wildman–Crippen MR) is 92.0 cm³/mol. The molecule has 0 bridgehead atoms. The van der Waals surface area contributed by atoms with Crippen LogP contribution in [0.4, 0.5) is 10.8 Å². The van der Waals surface area contributed by atoms with Gasteiger partial charge in [-0.3, -0.25) is 0 Å². The fourth-order valence-electron chi connectivity index (χ4n) is 2.14. The minimum atomic E-state index is 0.0117. The third kappa shape index (κ3) is 2.73. The lowest BCUT2D eigenvalue weighted by molar-refractivity contribution is 0.572. The Bertz CT molecular complexity index is 944. The zero-order valence-electron chi connectivity index (χ0n) is 13.5. The van der Waals surface area contributed by atoms with Crippen LogP contribution >= 0.6 is 11.3 Å². The summed E-state index contributed by atoms with van der Waals surface area (Å²) in [6, 6.07) is 1.77. The van der Waals surface area contributed by atoms with Crippen LogP contribution in [0.3, 0.4) is 0 Å². The molecule has 4 aromatic rings. The molecule has 0 saturated heterocycles. The number of imidazole rings is 1. The summed E-state index contributed by atoms with van der Waals surface area (Å²) in [6.45, 7) is 6.41. The molecule has 4 rings (SSSR count). The highest BCUT2D eigenvalue weighted by molar-refractivity contribution is 7.20. The molecular weight excluding hydrogens is 324 g/mol. The minimum Gasteiger partial charge on any atom is -0.327 e. The van der Waals surface area contributed by atoms with Crippen LogP contribution in [0.1, 0.15) is 26.5 Å². The summed E-state index contributed by atoms with van der Waals surface area (Å²) in [7, 11) is 0. The standard InChI is InChI=1S/C15H16N8S/c1-15(2,3)11-9-23-14(20-11)24-13(21-23)19-10-7-18-22(8-10)12-16-5-4-6-17-12/h4-9H,1-3H3,(H,19,21). The van der Waals surface area contributed by atoms with Crippen molar-refractivity contribution < 1.29 is 0 Å². The molecule has 0 aliphatic rings. The van der Waals surface area contributed by atoms with E-state index in [-0.39, 0.29) is 5.41 Å². The molecule has 0 saturated carbocycles. The molecule has 24 heavy (non-hydrogen) atoms. The van der Waals surface area contributed by atoms with Crippen LogP contribution in [-0.2, 0) is 5.41 Å². The quantitative estimate of drug-likeness (QED) is 0.617. The maximum atomic E-state index is 4.64. The van der Waals surface area contributed by atoms with Crippen molar-refractivity contribution in [3.63, 3.8) is 0 Å². The number of nitrogens with zero attached hydrogens (tertiary/aromatic N) is 7. The van der Waals surface area contributed by atoms with Crippen molar-refractivity contribution >= 4 is 27.1 Å². The second-order valence-corrected chi connectivity index (χ2v) is 7.31. The third-order valence-electron chi connectivity index (χ3n) is 3.40. The zero-order valence-corrected chi connectivity index (χ0v) is 14.3. The van der Waals surface area contributed by atoms with Crippen molar-refractivity contribution in [2.24, 2.45) is 0 Å². The van der Waals surface area contributed by atoms with E-state index in [2.05, 4.69) is 51.2 Å². The smallest absolute Gasteiger partial charge is 0.250 e. The van der Waals surface area contributed by atoms with Gasteiger partial charge in [0, 0.05) is 17.8 Å². The highest BCUT2D eigenvalue weighted by Crippen LogP contribution is 2.27. The van der Waals surface area contributed by atoms with Crippen LogP contribution in [0, 0.1) is 0 Å². The fraction of sp³-hybridized carbons (Fsp3) is 0.267. The Hall–Kier alpha value is -2.81. The Morgan fingerprint density at radius 3 is 2.62 bits per heavy atom. The van der Waals surface area contributed by atoms with E-state index in [4.69, 9.17) is 0 Å². The van der Waals surface area contributed by atoms with E-state index in [1.807, 2.05) is 12.4 Å². The number of anilines is 2. The van der Waals surface area contributed by atoms with Gasteiger partial charge in [0.25, 0.3) is 0 Å². The molecule has 4 aromatic heterocycles. The van der Waals surface area contributed by atoms with Crippen molar-refractivity contribution in [2.75, 3.05) is 5.32 Å². The average Bonchev–Trinajstić information content (AvgIpc) is 3.22. The monoisotopic (exact) mass is 340 g/mol. The summed E-state index contributed by atoms with van der Waals surface area (Å²) in [4.78, 5) is 13.8. The first kappa shape index (κ1) is 14.8. The lowest BCUT2D eigenvalue weighted by Gasteiger charge is -2.13. The maximum absolute atomic E-state index is 4.64. The Morgan fingerprint density at radius 1 is 1.12 bits per heavy atom. The van der Waals surface area contributed by atoms with Crippen LogP contribution in [0.25, 0.3) is 10.9 Å². The van der Waals surface area contributed by atoms with Crippen molar-refractivity contribution in [3.05, 3.63) is 42.7 Å². The molecule has 9 heteroatoms. The van der Waals surface area contributed by atoms with Crippen molar-refractivity contribution in [3.8, 4) is 5.95 Å². The van der Waals surface area contributed by atoms with Gasteiger partial charge in [0.1, 0.15) is 0 Å². The minimum absolute atomic E-state index is 0.0117. The molecule has 0 aromatic carbocycles. The lowest BCUT2D eigenvalue weighted by Crippen LogP contribution is -2.11. The van der Waals surface area contributed by atoms with Crippen LogP contribution in [0.2, 0.25) is 0 Å². The van der Waals surface area contributed by atoms with Crippen molar-refractivity contribution in [1.29, 1.82) is 0 Å². The van der Waals surface area contributed by atoms with Crippen LogP contribution in [0.15, 0.2) is 37.1 Å². The number of aromatic nitrogens is 7. The molecule has 0 atom stereocenters. The second-order valence-electron chi connectivity index (χ2n) is 6.36. The number of fused-ring (bicyclic) bond motifs is 1. The first-order chi connectivity index (χ1) is 11.5. The molecular formula is C15H16N8S. The van der Waals surface area contributed by atoms with Gasteiger partial charge in [0.2, 0.25) is 16.0 Å². The van der Waals surface area contributed by atoms with E-state index < -0.39 is 0 Å². The summed E-state index contributed by atoms with van der Waals surface area (Å²) in [6.07, 6.45) is 8.86. The highest BCUT2D eigenvalue weighted by Gasteiger charge is 2.19. The number of hydrogen-bond acceptors (Lipinski definition) is 7. The maximum Gasteiger partial charge on any atom is 0.250 e. The van der Waals surface area contributed by atoms with Gasteiger partial charge in [-0.15, -0.1) is 5.10 Å². The summed E-state index contributed by atoms with van der Waals surface area (Å²) in [5, 5.41) is 12.8. The molecule has 0 fully saturated rings. The molecule has 8 nitrogen and oxygen atoms in total. The molecule has 122 valence electrons. The lowest BCUT2D eigenvalue weighted by atomic mass is 9.93. The highest BCUT2D eigenvalue weighted by atomic mass is 32.1.